The molecule has 18 heavy (non-hydrogen) atoms. The highest BCUT2D eigenvalue weighted by Crippen LogP contribution is 2.30. The average molecular weight is 279 g/mol. The van der Waals surface area contributed by atoms with Crippen molar-refractivity contribution in [2.75, 3.05) is 18.1 Å². The van der Waals surface area contributed by atoms with E-state index in [9.17, 15) is 18.0 Å². The van der Waals surface area contributed by atoms with Crippen molar-refractivity contribution < 1.29 is 22.7 Å². The fourth-order valence-electron chi connectivity index (χ4n) is 1.26. The van der Waals surface area contributed by atoms with Gasteiger partial charge >= 0.3 is 5.51 Å². The molecule has 0 saturated heterocycles. The highest BCUT2D eigenvalue weighted by molar-refractivity contribution is 8.00. The maximum Gasteiger partial charge on any atom is 0.441 e. The lowest BCUT2D eigenvalue weighted by Crippen LogP contribution is -2.09. The number of hydrogen-bond donors (Lipinski definition) is 1. The monoisotopic (exact) mass is 279 g/mol. The van der Waals surface area contributed by atoms with Crippen molar-refractivity contribution >= 4 is 23.2 Å². The molecule has 0 saturated carbocycles. The summed E-state index contributed by atoms with van der Waals surface area (Å²) in [6, 6.07) is 4.44. The van der Waals surface area contributed by atoms with Crippen LogP contribution in [0.3, 0.4) is 0 Å². The third kappa shape index (κ3) is 4.87. The van der Waals surface area contributed by atoms with Gasteiger partial charge in [-0.3, -0.25) is 4.79 Å². The number of nitrogens with two attached hydrogens (primary N) is 1. The van der Waals surface area contributed by atoms with Crippen LogP contribution in [-0.4, -0.2) is 23.7 Å². The molecule has 0 atom stereocenters. The van der Waals surface area contributed by atoms with E-state index in [1.807, 2.05) is 0 Å². The van der Waals surface area contributed by atoms with Gasteiger partial charge < -0.3 is 10.5 Å². The Morgan fingerprint density at radius 3 is 2.67 bits per heavy atom. The quantitative estimate of drug-likeness (QED) is 0.511. The molecule has 0 aliphatic rings. The van der Waals surface area contributed by atoms with E-state index in [0.717, 1.165) is 0 Å². The molecule has 100 valence electrons. The first-order valence-electron chi connectivity index (χ1n) is 5.03. The zero-order valence-electron chi connectivity index (χ0n) is 9.58. The smallest absolute Gasteiger partial charge is 0.441 e. The molecule has 1 aromatic carbocycles. The Kier molecular flexibility index (Phi) is 4.89. The lowest BCUT2D eigenvalue weighted by Gasteiger charge is -2.11. The molecule has 3 nitrogen and oxygen atoms in total. The van der Waals surface area contributed by atoms with Crippen molar-refractivity contribution in [3.63, 3.8) is 0 Å². The summed E-state index contributed by atoms with van der Waals surface area (Å²) in [5.74, 6) is -0.231. The van der Waals surface area contributed by atoms with Crippen molar-refractivity contribution in [3.05, 3.63) is 23.8 Å². The maximum absolute atomic E-state index is 11.9. The first-order valence-corrected chi connectivity index (χ1v) is 6.02. The number of ketones is 1. The van der Waals surface area contributed by atoms with E-state index in [2.05, 4.69) is 0 Å². The lowest BCUT2D eigenvalue weighted by molar-refractivity contribution is -0.0329. The molecule has 0 bridgehead atoms. The number of benzene rings is 1. The SMILES string of the molecule is CC(=O)c1cc(N)ccc1OCCSC(F)(F)F. The minimum absolute atomic E-state index is 0.131. The maximum atomic E-state index is 11.9. The van der Waals surface area contributed by atoms with Crippen molar-refractivity contribution in [1.82, 2.24) is 0 Å². The first-order chi connectivity index (χ1) is 8.29. The Hall–Kier alpha value is -1.37. The van der Waals surface area contributed by atoms with Crippen LogP contribution in [0.5, 0.6) is 5.75 Å². The lowest BCUT2D eigenvalue weighted by atomic mass is 10.1. The molecule has 0 amide bonds. The summed E-state index contributed by atoms with van der Waals surface area (Å²) in [5.41, 5.74) is 1.92. The Morgan fingerprint density at radius 2 is 2.11 bits per heavy atom. The number of anilines is 1. The molecule has 0 aromatic heterocycles. The molecule has 0 unspecified atom stereocenters. The standard InChI is InChI=1S/C11H12F3NO2S/c1-7(16)9-6-8(15)2-3-10(9)17-4-5-18-11(12,13)14/h2-3,6H,4-5,15H2,1H3. The number of thioether (sulfide) groups is 1. The van der Waals surface area contributed by atoms with E-state index < -0.39 is 5.51 Å². The largest absolute Gasteiger partial charge is 0.492 e. The Balaban J connectivity index is 2.59. The van der Waals surface area contributed by atoms with Gasteiger partial charge in [0.05, 0.1) is 12.2 Å². The number of Topliss-reactive ketones (excluding diaryl/α,β-unsaturated/α-hetero) is 1. The number of alkyl halides is 3. The summed E-state index contributed by atoms with van der Waals surface area (Å²) < 4.78 is 40.8. The number of halogens is 3. The Bertz CT molecular complexity index is 435. The van der Waals surface area contributed by atoms with Crippen LogP contribution in [0.4, 0.5) is 18.9 Å². The summed E-state index contributed by atoms with van der Waals surface area (Å²) in [7, 11) is 0. The molecule has 7 heteroatoms. The van der Waals surface area contributed by atoms with Gasteiger partial charge in [-0.2, -0.15) is 13.2 Å². The summed E-state index contributed by atoms with van der Waals surface area (Å²) in [5, 5.41) is 0. The highest BCUT2D eigenvalue weighted by Gasteiger charge is 2.27. The van der Waals surface area contributed by atoms with Gasteiger partial charge in [0, 0.05) is 11.4 Å². The fourth-order valence-corrected chi connectivity index (χ4v) is 1.66. The number of carbonyl (C=O) groups is 1. The molecule has 0 heterocycles. The van der Waals surface area contributed by atoms with E-state index in [1.165, 1.54) is 25.1 Å². The van der Waals surface area contributed by atoms with E-state index in [4.69, 9.17) is 10.5 Å². The van der Waals surface area contributed by atoms with Crippen molar-refractivity contribution in [2.24, 2.45) is 0 Å². The number of nitrogen functional groups attached to an aromatic ring is 1. The molecule has 0 fully saturated rings. The van der Waals surface area contributed by atoms with Crippen LogP contribution in [0.2, 0.25) is 0 Å². The molecule has 0 aliphatic heterocycles. The Morgan fingerprint density at radius 1 is 1.44 bits per heavy atom. The van der Waals surface area contributed by atoms with Gasteiger partial charge in [0.2, 0.25) is 0 Å². The zero-order valence-corrected chi connectivity index (χ0v) is 10.4. The van der Waals surface area contributed by atoms with Crippen LogP contribution in [0.15, 0.2) is 18.2 Å². The molecular weight excluding hydrogens is 267 g/mol. The molecular formula is C11H12F3NO2S. The fraction of sp³-hybridized carbons (Fsp3) is 0.364. The van der Waals surface area contributed by atoms with Crippen LogP contribution in [0.25, 0.3) is 0 Å². The normalized spacial score (nSPS) is 11.3. The van der Waals surface area contributed by atoms with E-state index in [-0.39, 0.29) is 41.2 Å². The summed E-state index contributed by atoms with van der Waals surface area (Å²) in [4.78, 5) is 11.3. The highest BCUT2D eigenvalue weighted by atomic mass is 32.2. The summed E-state index contributed by atoms with van der Waals surface area (Å²) >= 11 is -0.164. The van der Waals surface area contributed by atoms with E-state index in [1.54, 1.807) is 0 Å². The number of hydrogen-bond acceptors (Lipinski definition) is 4. The predicted octanol–water partition coefficient (Wildman–Crippen LogP) is 3.10. The third-order valence-corrected chi connectivity index (χ3v) is 2.69. The van der Waals surface area contributed by atoms with Crippen LogP contribution >= 0.6 is 11.8 Å². The van der Waals surface area contributed by atoms with Crippen LogP contribution in [0, 0.1) is 0 Å². The topological polar surface area (TPSA) is 52.3 Å². The molecule has 2 N–H and O–H groups in total. The number of carbonyl (C=O) groups excluding carboxylic acids is 1. The second kappa shape index (κ2) is 5.99. The Labute approximate surface area is 106 Å². The van der Waals surface area contributed by atoms with Gasteiger partial charge in [0.25, 0.3) is 0 Å². The number of rotatable bonds is 5. The predicted molar refractivity (Wildman–Crippen MR) is 64.9 cm³/mol. The van der Waals surface area contributed by atoms with Crippen molar-refractivity contribution in [3.8, 4) is 5.75 Å². The third-order valence-electron chi connectivity index (χ3n) is 1.99. The van der Waals surface area contributed by atoms with Crippen LogP contribution in [-0.2, 0) is 0 Å². The average Bonchev–Trinajstić information content (AvgIpc) is 2.24. The van der Waals surface area contributed by atoms with Gasteiger partial charge in [-0.1, -0.05) is 0 Å². The van der Waals surface area contributed by atoms with E-state index >= 15 is 0 Å². The van der Waals surface area contributed by atoms with Crippen molar-refractivity contribution in [2.45, 2.75) is 12.4 Å². The summed E-state index contributed by atoms with van der Waals surface area (Å²) in [6.07, 6.45) is 0. The number of ether oxygens (including phenoxy) is 1. The molecule has 0 radical (unpaired) electrons. The van der Waals surface area contributed by atoms with Gasteiger partial charge in [-0.05, 0) is 36.9 Å². The first kappa shape index (κ1) is 14.7. The van der Waals surface area contributed by atoms with Gasteiger partial charge in [0.15, 0.2) is 5.78 Å². The summed E-state index contributed by atoms with van der Waals surface area (Å²) in [6.45, 7) is 1.21. The van der Waals surface area contributed by atoms with Gasteiger partial charge in [0.1, 0.15) is 5.75 Å². The minimum Gasteiger partial charge on any atom is -0.492 e. The second-order valence-corrected chi connectivity index (χ2v) is 4.61. The van der Waals surface area contributed by atoms with Crippen LogP contribution < -0.4 is 10.5 Å². The second-order valence-electron chi connectivity index (χ2n) is 3.45. The van der Waals surface area contributed by atoms with Gasteiger partial charge in [-0.15, -0.1) is 0 Å². The molecule has 1 aromatic rings. The van der Waals surface area contributed by atoms with Crippen molar-refractivity contribution in [1.29, 1.82) is 0 Å². The molecule has 0 aliphatic carbocycles. The zero-order chi connectivity index (χ0) is 13.8. The molecule has 1 rings (SSSR count). The van der Waals surface area contributed by atoms with Crippen LogP contribution in [0.1, 0.15) is 17.3 Å². The van der Waals surface area contributed by atoms with Gasteiger partial charge in [-0.25, -0.2) is 0 Å². The van der Waals surface area contributed by atoms with E-state index in [0.29, 0.717) is 5.69 Å². The minimum atomic E-state index is -4.27. The molecule has 0 spiro atoms.